The highest BCUT2D eigenvalue weighted by atomic mass is 35.5. The van der Waals surface area contributed by atoms with Gasteiger partial charge in [0.15, 0.2) is 0 Å². The summed E-state index contributed by atoms with van der Waals surface area (Å²) in [4.78, 5) is 12.7. The Labute approximate surface area is 204 Å². The summed E-state index contributed by atoms with van der Waals surface area (Å²) in [6, 6.07) is 13.2. The molecule has 0 spiro atoms. The van der Waals surface area contributed by atoms with Crippen molar-refractivity contribution in [3.63, 3.8) is 0 Å². The molecule has 0 saturated heterocycles. The second-order valence-electron chi connectivity index (χ2n) is 8.26. The Morgan fingerprint density at radius 1 is 1.06 bits per heavy atom. The number of nitrogens with zero attached hydrogens (tertiary/aromatic N) is 1. The average Bonchev–Trinajstić information content (AvgIpc) is 3.22. The Morgan fingerprint density at radius 3 is 2.44 bits per heavy atom. The third kappa shape index (κ3) is 4.79. The minimum Gasteiger partial charge on any atom is -0.495 e. The van der Waals surface area contributed by atoms with Gasteiger partial charge in [0.2, 0.25) is 15.9 Å². The van der Waals surface area contributed by atoms with E-state index in [1.807, 2.05) is 18.2 Å². The molecular formula is C25H27ClN2O5S. The first-order valence-corrected chi connectivity index (χ1v) is 13.2. The molecule has 3 aromatic carbocycles. The number of rotatable bonds is 9. The standard InChI is InChI=1S/C25H27ClN2O5S/c1-32-22-15-21(23(33-2)14-19(22)26)28(34(3,30)31)13-5-8-24(29)27-20-12-11-17-10-9-16-6-4-7-18(20)25(16)17/h4,6-7,11-12,14-15H,5,8-10,13H2,1-3H3,(H,27,29). The van der Waals surface area contributed by atoms with E-state index >= 15 is 0 Å². The summed E-state index contributed by atoms with van der Waals surface area (Å²) in [6.45, 7) is 0.0945. The van der Waals surface area contributed by atoms with Crippen molar-refractivity contribution in [2.75, 3.05) is 36.6 Å². The van der Waals surface area contributed by atoms with Gasteiger partial charge in [0, 0.05) is 36.2 Å². The van der Waals surface area contributed by atoms with Crippen LogP contribution in [0.2, 0.25) is 5.02 Å². The quantitative estimate of drug-likeness (QED) is 0.454. The van der Waals surface area contributed by atoms with Crippen LogP contribution in [0.3, 0.4) is 0 Å². The number of hydrogen-bond donors (Lipinski definition) is 1. The van der Waals surface area contributed by atoms with Crippen molar-refractivity contribution in [3.8, 4) is 11.5 Å². The van der Waals surface area contributed by atoms with Crippen molar-refractivity contribution >= 4 is 49.7 Å². The normalized spacial score (nSPS) is 12.6. The number of halogens is 1. The Balaban J connectivity index is 1.49. The van der Waals surface area contributed by atoms with Crippen molar-refractivity contribution in [1.82, 2.24) is 0 Å². The highest BCUT2D eigenvalue weighted by Gasteiger charge is 2.24. The predicted octanol–water partition coefficient (Wildman–Crippen LogP) is 4.79. The summed E-state index contributed by atoms with van der Waals surface area (Å²) in [5.74, 6) is 0.456. The SMILES string of the molecule is COc1cc(N(CCCC(=O)Nc2ccc3c4c(cccc24)CC3)S(C)(=O)=O)c(OC)cc1Cl. The first-order chi connectivity index (χ1) is 16.2. The number of carbonyl (C=O) groups is 1. The fraction of sp³-hybridized carbons (Fsp3) is 0.320. The zero-order valence-electron chi connectivity index (χ0n) is 19.4. The van der Waals surface area contributed by atoms with Crippen molar-refractivity contribution in [2.45, 2.75) is 25.7 Å². The lowest BCUT2D eigenvalue weighted by Gasteiger charge is -2.25. The van der Waals surface area contributed by atoms with Crippen LogP contribution in [0.25, 0.3) is 10.8 Å². The van der Waals surface area contributed by atoms with E-state index in [1.165, 1.54) is 47.2 Å². The summed E-state index contributed by atoms with van der Waals surface area (Å²) in [7, 11) is -0.764. The smallest absolute Gasteiger partial charge is 0.232 e. The third-order valence-corrected chi connectivity index (χ3v) is 7.51. The van der Waals surface area contributed by atoms with Gasteiger partial charge in [-0.2, -0.15) is 0 Å². The molecule has 0 bridgehead atoms. The lowest BCUT2D eigenvalue weighted by Crippen LogP contribution is -2.32. The zero-order chi connectivity index (χ0) is 24.5. The first kappa shape index (κ1) is 24.2. The fourth-order valence-electron chi connectivity index (χ4n) is 4.46. The van der Waals surface area contributed by atoms with Crippen LogP contribution in [-0.4, -0.2) is 41.3 Å². The van der Waals surface area contributed by atoms with Crippen LogP contribution in [0.4, 0.5) is 11.4 Å². The molecule has 3 aromatic rings. The number of sulfonamides is 1. The molecule has 0 saturated carbocycles. The maximum Gasteiger partial charge on any atom is 0.232 e. The summed E-state index contributed by atoms with van der Waals surface area (Å²) in [5.41, 5.74) is 3.69. The molecular weight excluding hydrogens is 476 g/mol. The monoisotopic (exact) mass is 502 g/mol. The number of carbonyl (C=O) groups excluding carboxylic acids is 1. The van der Waals surface area contributed by atoms with E-state index in [2.05, 4.69) is 17.4 Å². The molecule has 0 aliphatic heterocycles. The molecule has 0 atom stereocenters. The molecule has 0 heterocycles. The third-order valence-electron chi connectivity index (χ3n) is 6.04. The van der Waals surface area contributed by atoms with Gasteiger partial charge in [-0.05, 0) is 41.8 Å². The molecule has 0 unspecified atom stereocenters. The summed E-state index contributed by atoms with van der Waals surface area (Å²) in [5, 5.41) is 5.57. The number of nitrogens with one attached hydrogen (secondary N) is 1. The van der Waals surface area contributed by atoms with Crippen LogP contribution >= 0.6 is 11.6 Å². The second kappa shape index (κ2) is 9.72. The van der Waals surface area contributed by atoms with Crippen molar-refractivity contribution < 1.29 is 22.7 Å². The minimum atomic E-state index is -3.65. The van der Waals surface area contributed by atoms with Crippen molar-refractivity contribution in [3.05, 3.63) is 58.6 Å². The van der Waals surface area contributed by atoms with Gasteiger partial charge in [0.25, 0.3) is 0 Å². The van der Waals surface area contributed by atoms with Crippen LogP contribution in [0, 0.1) is 0 Å². The molecule has 34 heavy (non-hydrogen) atoms. The Hall–Kier alpha value is -2.97. The van der Waals surface area contributed by atoms with Crippen LogP contribution in [0.1, 0.15) is 24.0 Å². The highest BCUT2D eigenvalue weighted by Crippen LogP contribution is 2.39. The van der Waals surface area contributed by atoms with Gasteiger partial charge in [0.1, 0.15) is 11.5 Å². The Kier molecular flexibility index (Phi) is 6.91. The molecule has 1 amide bonds. The fourth-order valence-corrected chi connectivity index (χ4v) is 5.65. The average molecular weight is 503 g/mol. The highest BCUT2D eigenvalue weighted by molar-refractivity contribution is 7.92. The maximum atomic E-state index is 12.7. The van der Waals surface area contributed by atoms with Crippen molar-refractivity contribution in [2.24, 2.45) is 0 Å². The lowest BCUT2D eigenvalue weighted by molar-refractivity contribution is -0.116. The van der Waals surface area contributed by atoms with Crippen LogP contribution in [0.15, 0.2) is 42.5 Å². The molecule has 4 rings (SSSR count). The minimum absolute atomic E-state index is 0.0945. The molecule has 0 fully saturated rings. The van der Waals surface area contributed by atoms with Gasteiger partial charge in [-0.15, -0.1) is 0 Å². The number of anilines is 2. The number of ether oxygens (including phenoxy) is 2. The van der Waals surface area contributed by atoms with E-state index < -0.39 is 10.0 Å². The lowest BCUT2D eigenvalue weighted by atomic mass is 10.0. The maximum absolute atomic E-state index is 12.7. The summed E-state index contributed by atoms with van der Waals surface area (Å²) in [6.07, 6.45) is 3.62. The van der Waals surface area contributed by atoms with E-state index in [4.69, 9.17) is 21.1 Å². The molecule has 7 nitrogen and oxygen atoms in total. The number of methoxy groups -OCH3 is 2. The van der Waals surface area contributed by atoms with Gasteiger partial charge in [-0.3, -0.25) is 9.10 Å². The summed E-state index contributed by atoms with van der Waals surface area (Å²) < 4.78 is 36.9. The van der Waals surface area contributed by atoms with E-state index in [0.29, 0.717) is 28.6 Å². The molecule has 9 heteroatoms. The van der Waals surface area contributed by atoms with Crippen LogP contribution in [0.5, 0.6) is 11.5 Å². The van der Waals surface area contributed by atoms with Crippen LogP contribution < -0.4 is 19.1 Å². The van der Waals surface area contributed by atoms with E-state index in [1.54, 1.807) is 0 Å². The zero-order valence-corrected chi connectivity index (χ0v) is 20.9. The molecule has 1 N–H and O–H groups in total. The van der Waals surface area contributed by atoms with Gasteiger partial charge >= 0.3 is 0 Å². The van der Waals surface area contributed by atoms with Gasteiger partial charge in [0.05, 0.1) is 31.2 Å². The number of hydrogen-bond acceptors (Lipinski definition) is 5. The Morgan fingerprint density at radius 2 is 1.76 bits per heavy atom. The van der Waals surface area contributed by atoms with Gasteiger partial charge in [-0.25, -0.2) is 8.42 Å². The van der Waals surface area contributed by atoms with Crippen LogP contribution in [-0.2, 0) is 27.7 Å². The van der Waals surface area contributed by atoms with Gasteiger partial charge in [-0.1, -0.05) is 35.9 Å². The van der Waals surface area contributed by atoms with E-state index in [-0.39, 0.29) is 18.9 Å². The molecule has 0 radical (unpaired) electrons. The van der Waals surface area contributed by atoms with E-state index in [9.17, 15) is 13.2 Å². The summed E-state index contributed by atoms with van der Waals surface area (Å²) >= 11 is 6.16. The largest absolute Gasteiger partial charge is 0.495 e. The predicted molar refractivity (Wildman–Crippen MR) is 136 cm³/mol. The topological polar surface area (TPSA) is 84.9 Å². The van der Waals surface area contributed by atoms with Crippen molar-refractivity contribution in [1.29, 1.82) is 0 Å². The van der Waals surface area contributed by atoms with Gasteiger partial charge < -0.3 is 14.8 Å². The first-order valence-electron chi connectivity index (χ1n) is 11.0. The molecule has 1 aliphatic rings. The molecule has 0 aromatic heterocycles. The molecule has 180 valence electrons. The molecule has 1 aliphatic carbocycles. The Bertz CT molecular complexity index is 1350. The number of aryl methyl sites for hydroxylation is 2. The van der Waals surface area contributed by atoms with E-state index in [0.717, 1.165) is 30.2 Å². The number of amides is 1. The second-order valence-corrected chi connectivity index (χ2v) is 10.6. The number of benzene rings is 3.